The van der Waals surface area contributed by atoms with Gasteiger partial charge in [0.25, 0.3) is 10.2 Å². The van der Waals surface area contributed by atoms with Crippen LogP contribution in [0.3, 0.4) is 0 Å². The highest BCUT2D eigenvalue weighted by Crippen LogP contribution is 2.23. The first kappa shape index (κ1) is 16.8. The summed E-state index contributed by atoms with van der Waals surface area (Å²) in [5, 5.41) is 9.08. The van der Waals surface area contributed by atoms with Gasteiger partial charge in [0.1, 0.15) is 0 Å². The Morgan fingerprint density at radius 2 is 2.11 bits per heavy atom. The normalized spacial score (nSPS) is 24.4. The van der Waals surface area contributed by atoms with Crippen LogP contribution in [0.1, 0.15) is 34.1 Å². The van der Waals surface area contributed by atoms with Crippen LogP contribution in [0.2, 0.25) is 0 Å². The third kappa shape index (κ3) is 5.00. The van der Waals surface area contributed by atoms with E-state index in [0.717, 1.165) is 0 Å². The molecule has 0 bridgehead atoms. The summed E-state index contributed by atoms with van der Waals surface area (Å²) < 4.78 is 34.2. The molecule has 2 unspecified atom stereocenters. The number of aliphatic hydroxyl groups is 1. The van der Waals surface area contributed by atoms with Crippen molar-refractivity contribution in [3.8, 4) is 0 Å². The van der Waals surface area contributed by atoms with Gasteiger partial charge < -0.3 is 9.84 Å². The Hall–Kier alpha value is -0.210. The monoisotopic (exact) mass is 294 g/mol. The zero-order valence-corrected chi connectivity index (χ0v) is 13.0. The lowest BCUT2D eigenvalue weighted by atomic mass is 9.86. The van der Waals surface area contributed by atoms with E-state index in [1.807, 2.05) is 27.7 Å². The van der Waals surface area contributed by atoms with Crippen molar-refractivity contribution >= 4 is 10.2 Å². The molecule has 1 fully saturated rings. The number of morpholine rings is 1. The van der Waals surface area contributed by atoms with Crippen LogP contribution in [0.25, 0.3) is 0 Å². The van der Waals surface area contributed by atoms with E-state index in [9.17, 15) is 8.42 Å². The summed E-state index contributed by atoms with van der Waals surface area (Å²) in [6, 6.07) is -0.291. The minimum atomic E-state index is -3.53. The second kappa shape index (κ2) is 6.49. The smallest absolute Gasteiger partial charge is 0.279 e. The molecule has 0 saturated carbocycles. The van der Waals surface area contributed by atoms with Gasteiger partial charge in [-0.3, -0.25) is 0 Å². The fourth-order valence-corrected chi connectivity index (χ4v) is 3.76. The van der Waals surface area contributed by atoms with Crippen molar-refractivity contribution in [2.45, 2.75) is 46.3 Å². The summed E-state index contributed by atoms with van der Waals surface area (Å²) in [5.41, 5.74) is -0.242. The Morgan fingerprint density at radius 1 is 1.47 bits per heavy atom. The molecule has 1 saturated heterocycles. The zero-order valence-electron chi connectivity index (χ0n) is 12.2. The standard InChI is InChI=1S/C12H26N2O4S/c1-10-9-14(6-8-18-10)19(16,17)13-11(5-7-15)12(2,3)4/h10-11,13,15H,5-9H2,1-4H3. The van der Waals surface area contributed by atoms with Crippen LogP contribution in [0, 0.1) is 5.41 Å². The highest BCUT2D eigenvalue weighted by molar-refractivity contribution is 7.87. The second-order valence-corrected chi connectivity index (χ2v) is 7.80. The van der Waals surface area contributed by atoms with Gasteiger partial charge in [-0.1, -0.05) is 20.8 Å². The molecule has 0 aromatic heterocycles. The van der Waals surface area contributed by atoms with E-state index in [1.54, 1.807) is 0 Å². The van der Waals surface area contributed by atoms with E-state index in [4.69, 9.17) is 9.84 Å². The van der Waals surface area contributed by atoms with Crippen molar-refractivity contribution in [2.75, 3.05) is 26.3 Å². The van der Waals surface area contributed by atoms with Crippen LogP contribution < -0.4 is 4.72 Å². The fourth-order valence-electron chi connectivity index (χ4n) is 2.06. The summed E-state index contributed by atoms with van der Waals surface area (Å²) in [6.07, 6.45) is 0.319. The number of hydrogen-bond acceptors (Lipinski definition) is 4. The van der Waals surface area contributed by atoms with Crippen molar-refractivity contribution in [2.24, 2.45) is 5.41 Å². The first-order valence-electron chi connectivity index (χ1n) is 6.66. The Labute approximate surface area is 116 Å². The van der Waals surface area contributed by atoms with Crippen molar-refractivity contribution in [1.82, 2.24) is 9.03 Å². The first-order valence-corrected chi connectivity index (χ1v) is 8.10. The zero-order chi connectivity index (χ0) is 14.7. The van der Waals surface area contributed by atoms with Gasteiger partial charge >= 0.3 is 0 Å². The molecule has 1 rings (SSSR count). The van der Waals surface area contributed by atoms with Gasteiger partial charge in [-0.25, -0.2) is 0 Å². The van der Waals surface area contributed by atoms with E-state index >= 15 is 0 Å². The first-order chi connectivity index (χ1) is 8.66. The molecule has 7 heteroatoms. The molecule has 0 radical (unpaired) electrons. The SMILES string of the molecule is CC1CN(S(=O)(=O)NC(CCO)C(C)(C)C)CCO1. The number of nitrogens with zero attached hydrogens (tertiary/aromatic N) is 1. The van der Waals surface area contributed by atoms with E-state index in [2.05, 4.69) is 4.72 Å². The third-order valence-electron chi connectivity index (χ3n) is 3.30. The maximum absolute atomic E-state index is 12.3. The Bertz CT molecular complexity index is 378. The van der Waals surface area contributed by atoms with Crippen molar-refractivity contribution in [3.05, 3.63) is 0 Å². The predicted octanol–water partition coefficient (Wildman–Crippen LogP) is 0.339. The largest absolute Gasteiger partial charge is 0.396 e. The number of nitrogens with one attached hydrogen (secondary N) is 1. The maximum Gasteiger partial charge on any atom is 0.279 e. The summed E-state index contributed by atoms with van der Waals surface area (Å²) in [5.74, 6) is 0. The van der Waals surface area contributed by atoms with Gasteiger partial charge in [0.15, 0.2) is 0 Å². The molecule has 0 aromatic carbocycles. The maximum atomic E-state index is 12.3. The van der Waals surface area contributed by atoms with Gasteiger partial charge in [-0.2, -0.15) is 17.4 Å². The summed E-state index contributed by atoms with van der Waals surface area (Å²) in [7, 11) is -3.53. The summed E-state index contributed by atoms with van der Waals surface area (Å²) in [4.78, 5) is 0. The molecule has 6 nitrogen and oxygen atoms in total. The van der Waals surface area contributed by atoms with E-state index in [-0.39, 0.29) is 24.2 Å². The Balaban J connectivity index is 2.76. The van der Waals surface area contributed by atoms with Gasteiger partial charge in [0.05, 0.1) is 12.7 Å². The quantitative estimate of drug-likeness (QED) is 0.766. The molecule has 1 aliphatic heterocycles. The lowest BCUT2D eigenvalue weighted by Gasteiger charge is -2.35. The van der Waals surface area contributed by atoms with Gasteiger partial charge in [0, 0.05) is 25.7 Å². The summed E-state index contributed by atoms with van der Waals surface area (Å²) in [6.45, 7) is 8.84. The minimum Gasteiger partial charge on any atom is -0.396 e. The van der Waals surface area contributed by atoms with Crippen molar-refractivity contribution in [1.29, 1.82) is 0 Å². The third-order valence-corrected chi connectivity index (χ3v) is 4.89. The molecular formula is C12H26N2O4S. The fraction of sp³-hybridized carbons (Fsp3) is 1.00. The molecule has 114 valence electrons. The molecular weight excluding hydrogens is 268 g/mol. The molecule has 0 spiro atoms. The topological polar surface area (TPSA) is 78.9 Å². The van der Waals surface area contributed by atoms with Crippen LogP contribution in [-0.2, 0) is 14.9 Å². The minimum absolute atomic E-state index is 0.0377. The Kier molecular flexibility index (Phi) is 5.76. The van der Waals surface area contributed by atoms with Gasteiger partial charge in [-0.15, -0.1) is 0 Å². The average molecular weight is 294 g/mol. The molecule has 2 atom stereocenters. The van der Waals surface area contributed by atoms with Crippen LogP contribution in [0.15, 0.2) is 0 Å². The van der Waals surface area contributed by atoms with Gasteiger partial charge in [0.2, 0.25) is 0 Å². The lowest BCUT2D eigenvalue weighted by Crippen LogP contribution is -2.54. The molecule has 0 aromatic rings. The van der Waals surface area contributed by atoms with Gasteiger partial charge in [-0.05, 0) is 18.8 Å². The lowest BCUT2D eigenvalue weighted by molar-refractivity contribution is 0.00943. The molecule has 1 heterocycles. The number of hydrogen-bond donors (Lipinski definition) is 2. The average Bonchev–Trinajstić information content (AvgIpc) is 2.27. The molecule has 0 amide bonds. The highest BCUT2D eigenvalue weighted by atomic mass is 32.2. The molecule has 0 aliphatic carbocycles. The van der Waals surface area contributed by atoms with Crippen LogP contribution in [0.5, 0.6) is 0 Å². The van der Waals surface area contributed by atoms with E-state index < -0.39 is 10.2 Å². The number of aliphatic hydroxyl groups excluding tert-OH is 1. The second-order valence-electron chi connectivity index (χ2n) is 6.09. The number of rotatable bonds is 5. The molecule has 19 heavy (non-hydrogen) atoms. The van der Waals surface area contributed by atoms with Crippen LogP contribution in [0.4, 0.5) is 0 Å². The number of ether oxygens (including phenoxy) is 1. The summed E-state index contributed by atoms with van der Waals surface area (Å²) >= 11 is 0. The van der Waals surface area contributed by atoms with E-state index in [0.29, 0.717) is 26.1 Å². The predicted molar refractivity (Wildman–Crippen MR) is 74.0 cm³/mol. The van der Waals surface area contributed by atoms with Crippen LogP contribution in [-0.4, -0.2) is 56.3 Å². The van der Waals surface area contributed by atoms with Crippen LogP contribution >= 0.6 is 0 Å². The van der Waals surface area contributed by atoms with Crippen molar-refractivity contribution in [3.63, 3.8) is 0 Å². The van der Waals surface area contributed by atoms with E-state index in [1.165, 1.54) is 4.31 Å². The molecule has 2 N–H and O–H groups in total. The molecule has 1 aliphatic rings. The highest BCUT2D eigenvalue weighted by Gasteiger charge is 2.33. The Morgan fingerprint density at radius 3 is 2.58 bits per heavy atom. The van der Waals surface area contributed by atoms with Crippen molar-refractivity contribution < 1.29 is 18.3 Å².